The van der Waals surface area contributed by atoms with Gasteiger partial charge in [-0.15, -0.1) is 0 Å². The second-order valence-electron chi connectivity index (χ2n) is 12.3. The first-order valence-corrected chi connectivity index (χ1v) is 15.3. The number of H-pyrrole nitrogens is 1. The number of benzene rings is 1. The Kier molecular flexibility index (Phi) is 9.87. The van der Waals surface area contributed by atoms with E-state index in [-0.39, 0.29) is 11.1 Å². The molecule has 268 valence electrons. The van der Waals surface area contributed by atoms with Crippen LogP contribution in [-0.4, -0.2) is 159 Å². The van der Waals surface area contributed by atoms with E-state index in [2.05, 4.69) is 0 Å². The van der Waals surface area contributed by atoms with Crippen LogP contribution in [0.2, 0.25) is 0 Å². The molecule has 1 aromatic heterocycles. The smallest absolute Gasteiger partial charge is 0.330 e. The number of carbonyl (C=O) groups is 2. The number of imide groups is 1. The number of amides is 2. The van der Waals surface area contributed by atoms with E-state index in [0.717, 1.165) is 16.8 Å². The summed E-state index contributed by atoms with van der Waals surface area (Å²) in [4.78, 5) is 53.2. The lowest BCUT2D eigenvalue weighted by molar-refractivity contribution is -0.349. The SMILES string of the molecule is NC1C(O)C(O)[C@H](CO)O[C@@H]1O[C@@H]1O[C@H](C[C@@H](O)C2O[C@@H](n3ccc(=O)[nH]c3=O)[C@H](O)[C@@H]2O)C(O)C(O)C1N1C(=O)c2ccccc2C1=O. The van der Waals surface area contributed by atoms with Crippen molar-refractivity contribution >= 4 is 11.8 Å². The average molecular weight is 697 g/mol. The number of aromatic amines is 1. The van der Waals surface area contributed by atoms with E-state index in [0.29, 0.717) is 4.90 Å². The van der Waals surface area contributed by atoms with E-state index >= 15 is 0 Å². The average Bonchev–Trinajstić information content (AvgIpc) is 3.51. The summed E-state index contributed by atoms with van der Waals surface area (Å²) < 4.78 is 23.7. The summed E-state index contributed by atoms with van der Waals surface area (Å²) >= 11 is 0. The summed E-state index contributed by atoms with van der Waals surface area (Å²) in [6.45, 7) is -0.782. The molecule has 15 atom stereocenters. The Hall–Kier alpha value is -3.48. The standard InChI is InChI=1S/C29H36N4O16/c30-15-19(39)18(38)13(8-34)47-27(15)49-28-16(33-24(43)9-3-1-2-4-10(9)25(33)44)20(40)17(37)12(46-28)7-11(35)23-21(41)22(42)26(48-23)32-6-5-14(36)31-29(32)45/h1-6,11-13,15-23,26-28,34-35,37-42H,7-8,30H2,(H,31,36,45)/t11-,12-,13+,15?,16?,17?,18?,19?,20?,21+,22-,23?,26-,27-,28+/m1/s1. The molecule has 4 aliphatic rings. The Balaban J connectivity index is 1.27. The number of ether oxygens (including phenoxy) is 4. The number of rotatable bonds is 8. The number of aliphatic hydroxyl groups excluding tert-OH is 8. The van der Waals surface area contributed by atoms with Crippen molar-refractivity contribution in [2.24, 2.45) is 5.73 Å². The molecule has 1 aromatic carbocycles. The molecule has 20 nitrogen and oxygen atoms in total. The zero-order valence-electron chi connectivity index (χ0n) is 25.4. The molecule has 0 aliphatic carbocycles. The second kappa shape index (κ2) is 13.7. The number of nitrogens with one attached hydrogen (secondary N) is 1. The third kappa shape index (κ3) is 6.14. The van der Waals surface area contributed by atoms with E-state index in [1.807, 2.05) is 4.98 Å². The molecule has 11 N–H and O–H groups in total. The molecular weight excluding hydrogens is 660 g/mol. The van der Waals surface area contributed by atoms with Crippen LogP contribution in [0.5, 0.6) is 0 Å². The molecule has 0 bridgehead atoms. The number of fused-ring (bicyclic) bond motifs is 1. The van der Waals surface area contributed by atoms with Gasteiger partial charge in [-0.05, 0) is 12.1 Å². The second-order valence-corrected chi connectivity index (χ2v) is 12.3. The minimum absolute atomic E-state index is 0.0166. The summed E-state index contributed by atoms with van der Waals surface area (Å²) in [5, 5.41) is 85.4. The van der Waals surface area contributed by atoms with Crippen molar-refractivity contribution < 1.29 is 69.4 Å². The highest BCUT2D eigenvalue weighted by atomic mass is 16.8. The van der Waals surface area contributed by atoms with E-state index in [4.69, 9.17) is 24.7 Å². The van der Waals surface area contributed by atoms with Gasteiger partial charge in [0.2, 0.25) is 0 Å². The maximum Gasteiger partial charge on any atom is 0.330 e. The first-order chi connectivity index (χ1) is 23.2. The van der Waals surface area contributed by atoms with Gasteiger partial charge in [0, 0.05) is 18.7 Å². The summed E-state index contributed by atoms with van der Waals surface area (Å²) in [5.74, 6) is -1.74. The largest absolute Gasteiger partial charge is 0.394 e. The monoisotopic (exact) mass is 696 g/mol. The molecule has 0 spiro atoms. The van der Waals surface area contributed by atoms with E-state index in [1.54, 1.807) is 0 Å². The fourth-order valence-electron chi connectivity index (χ4n) is 6.57. The molecule has 6 rings (SSSR count). The van der Waals surface area contributed by atoms with E-state index in [1.165, 1.54) is 24.3 Å². The number of hydrogen-bond donors (Lipinski definition) is 10. The number of nitrogens with zero attached hydrogens (tertiary/aromatic N) is 2. The van der Waals surface area contributed by atoms with Crippen LogP contribution in [-0.2, 0) is 18.9 Å². The van der Waals surface area contributed by atoms with Crippen LogP contribution in [0.25, 0.3) is 0 Å². The van der Waals surface area contributed by atoms with Crippen LogP contribution < -0.4 is 17.0 Å². The third-order valence-electron chi connectivity index (χ3n) is 9.24. The van der Waals surface area contributed by atoms with Crippen LogP contribution in [0.3, 0.4) is 0 Å². The molecule has 4 aliphatic heterocycles. The lowest BCUT2D eigenvalue weighted by atomic mass is 9.90. The molecule has 3 saturated heterocycles. The summed E-state index contributed by atoms with van der Waals surface area (Å²) in [6, 6.07) is 3.45. The van der Waals surface area contributed by atoms with Gasteiger partial charge >= 0.3 is 5.69 Å². The van der Waals surface area contributed by atoms with Gasteiger partial charge in [-0.1, -0.05) is 12.1 Å². The number of aliphatic hydroxyl groups is 8. The molecular formula is C29H36N4O16. The van der Waals surface area contributed by atoms with Crippen LogP contribution in [0.15, 0.2) is 46.1 Å². The number of carbonyl (C=O) groups excluding carboxylic acids is 2. The maximum atomic E-state index is 13.4. The number of aromatic nitrogens is 2. The predicted molar refractivity (Wildman–Crippen MR) is 156 cm³/mol. The summed E-state index contributed by atoms with van der Waals surface area (Å²) in [5.41, 5.74) is 4.29. The van der Waals surface area contributed by atoms with Crippen molar-refractivity contribution in [3.8, 4) is 0 Å². The molecule has 2 aromatic rings. The molecule has 20 heteroatoms. The Bertz CT molecular complexity index is 1630. The van der Waals surface area contributed by atoms with Gasteiger partial charge in [0.05, 0.1) is 36.0 Å². The van der Waals surface area contributed by atoms with Gasteiger partial charge in [0.1, 0.15) is 54.9 Å². The molecule has 7 unspecified atom stereocenters. The highest BCUT2D eigenvalue weighted by Gasteiger charge is 2.56. The third-order valence-corrected chi connectivity index (χ3v) is 9.24. The maximum absolute atomic E-state index is 13.4. The predicted octanol–water partition coefficient (Wildman–Crippen LogP) is -6.20. The van der Waals surface area contributed by atoms with E-state index in [9.17, 15) is 60.0 Å². The Morgan fingerprint density at radius 3 is 2.02 bits per heavy atom. The fourth-order valence-corrected chi connectivity index (χ4v) is 6.57. The minimum atomic E-state index is -2.02. The van der Waals surface area contributed by atoms with Crippen molar-refractivity contribution in [3.63, 3.8) is 0 Å². The van der Waals surface area contributed by atoms with Crippen LogP contribution in [0.4, 0.5) is 0 Å². The van der Waals surface area contributed by atoms with Crippen molar-refractivity contribution in [2.75, 3.05) is 6.61 Å². The van der Waals surface area contributed by atoms with Gasteiger partial charge in [-0.3, -0.25) is 28.8 Å². The summed E-state index contributed by atoms with van der Waals surface area (Å²) in [7, 11) is 0. The van der Waals surface area contributed by atoms with Crippen molar-refractivity contribution in [2.45, 2.75) is 98.4 Å². The molecule has 3 fully saturated rings. The first-order valence-electron chi connectivity index (χ1n) is 15.3. The topological polar surface area (TPSA) is 317 Å². The molecule has 2 amide bonds. The van der Waals surface area contributed by atoms with Crippen molar-refractivity contribution in [1.82, 2.24) is 14.5 Å². The quantitative estimate of drug-likeness (QED) is 0.115. The number of nitrogens with two attached hydrogens (primary N) is 1. The summed E-state index contributed by atoms with van der Waals surface area (Å²) in [6.07, 6.45) is -22.0. The van der Waals surface area contributed by atoms with Crippen molar-refractivity contribution in [3.05, 3.63) is 68.5 Å². The van der Waals surface area contributed by atoms with Gasteiger partial charge in [-0.2, -0.15) is 0 Å². The van der Waals surface area contributed by atoms with Gasteiger partial charge in [0.25, 0.3) is 17.4 Å². The normalized spacial score (nSPS) is 40.1. The van der Waals surface area contributed by atoms with Gasteiger partial charge in [-0.25, -0.2) is 4.79 Å². The van der Waals surface area contributed by atoms with E-state index < -0.39 is 128 Å². The lowest BCUT2D eigenvalue weighted by Crippen LogP contribution is -2.68. The molecule has 49 heavy (non-hydrogen) atoms. The van der Waals surface area contributed by atoms with Gasteiger partial charge in [0.15, 0.2) is 18.8 Å². The fraction of sp³-hybridized carbons (Fsp3) is 0.586. The molecule has 0 radical (unpaired) electrons. The molecule has 5 heterocycles. The van der Waals surface area contributed by atoms with Crippen LogP contribution in [0.1, 0.15) is 33.4 Å². The zero-order valence-corrected chi connectivity index (χ0v) is 25.4. The first kappa shape index (κ1) is 35.3. The lowest BCUT2D eigenvalue weighted by Gasteiger charge is -2.48. The number of hydrogen-bond acceptors (Lipinski definition) is 17. The molecule has 0 saturated carbocycles. The van der Waals surface area contributed by atoms with Crippen LogP contribution in [0, 0.1) is 0 Å². The van der Waals surface area contributed by atoms with Crippen molar-refractivity contribution in [1.29, 1.82) is 0 Å². The Labute approximate surface area is 275 Å². The van der Waals surface area contributed by atoms with Gasteiger partial charge < -0.3 is 65.5 Å². The Morgan fingerprint density at radius 1 is 0.796 bits per heavy atom. The highest BCUT2D eigenvalue weighted by Crippen LogP contribution is 2.37. The highest BCUT2D eigenvalue weighted by molar-refractivity contribution is 6.21. The minimum Gasteiger partial charge on any atom is -0.394 e. The zero-order chi connectivity index (χ0) is 35.5. The Morgan fingerprint density at radius 2 is 1.41 bits per heavy atom. The van der Waals surface area contributed by atoms with Crippen LogP contribution >= 0.6 is 0 Å².